The van der Waals surface area contributed by atoms with Crippen LogP contribution < -0.4 is 4.74 Å². The average Bonchev–Trinajstić information content (AvgIpc) is 2.61. The third-order valence-corrected chi connectivity index (χ3v) is 4.43. The maximum absolute atomic E-state index is 13.5. The van der Waals surface area contributed by atoms with Gasteiger partial charge in [0.2, 0.25) is 0 Å². The lowest BCUT2D eigenvalue weighted by Gasteiger charge is -2.15. The fraction of sp³-hybridized carbons (Fsp3) is 0.455. The summed E-state index contributed by atoms with van der Waals surface area (Å²) >= 11 is 0. The van der Waals surface area contributed by atoms with E-state index < -0.39 is 21.8 Å². The van der Waals surface area contributed by atoms with Crippen molar-refractivity contribution in [2.24, 2.45) is 0 Å². The summed E-state index contributed by atoms with van der Waals surface area (Å²) in [5.41, 5.74) is 0.328. The van der Waals surface area contributed by atoms with E-state index in [1.807, 2.05) is 0 Å². The second-order valence-electron chi connectivity index (χ2n) is 4.03. The Labute approximate surface area is 98.9 Å². The van der Waals surface area contributed by atoms with Crippen molar-refractivity contribution in [1.29, 1.82) is 0 Å². The Morgan fingerprint density at radius 3 is 2.82 bits per heavy atom. The molecule has 1 heterocycles. The summed E-state index contributed by atoms with van der Waals surface area (Å²) in [5.74, 6) is -0.648. The molecular weight excluding hydrogens is 247 g/mol. The number of rotatable bonds is 3. The van der Waals surface area contributed by atoms with Crippen LogP contribution in [0.3, 0.4) is 0 Å². The summed E-state index contributed by atoms with van der Waals surface area (Å²) in [7, 11) is -3.06. The van der Waals surface area contributed by atoms with E-state index in [0.29, 0.717) is 12.0 Å². The largest absolute Gasteiger partial charge is 0.486 e. The van der Waals surface area contributed by atoms with Crippen LogP contribution in [0.5, 0.6) is 5.75 Å². The Morgan fingerprint density at radius 1 is 1.47 bits per heavy atom. The number of aliphatic hydroxyl groups is 1. The first-order valence-electron chi connectivity index (χ1n) is 5.27. The van der Waals surface area contributed by atoms with Crippen molar-refractivity contribution >= 4 is 9.84 Å². The van der Waals surface area contributed by atoms with Gasteiger partial charge in [0.15, 0.2) is 21.4 Å². The first kappa shape index (κ1) is 12.3. The van der Waals surface area contributed by atoms with Crippen LogP contribution in [-0.2, 0) is 16.4 Å². The van der Waals surface area contributed by atoms with E-state index >= 15 is 0 Å². The van der Waals surface area contributed by atoms with Gasteiger partial charge in [-0.3, -0.25) is 0 Å². The van der Waals surface area contributed by atoms with Gasteiger partial charge >= 0.3 is 0 Å². The van der Waals surface area contributed by atoms with Gasteiger partial charge in [0.25, 0.3) is 0 Å². The van der Waals surface area contributed by atoms with Crippen LogP contribution in [0.1, 0.15) is 12.0 Å². The summed E-state index contributed by atoms with van der Waals surface area (Å²) in [6, 6.07) is 4.24. The summed E-state index contributed by atoms with van der Waals surface area (Å²) in [4.78, 5) is 0. The lowest BCUT2D eigenvalue weighted by molar-refractivity contribution is 0.205. The van der Waals surface area contributed by atoms with Gasteiger partial charge in [-0.05, 0) is 12.5 Å². The zero-order valence-electron chi connectivity index (χ0n) is 9.10. The molecule has 1 aromatic carbocycles. The monoisotopic (exact) mass is 260 g/mol. The van der Waals surface area contributed by atoms with E-state index in [-0.39, 0.29) is 23.9 Å². The first-order chi connectivity index (χ1) is 8.02. The van der Waals surface area contributed by atoms with Crippen LogP contribution in [0.25, 0.3) is 0 Å². The van der Waals surface area contributed by atoms with Gasteiger partial charge < -0.3 is 9.84 Å². The van der Waals surface area contributed by atoms with Crippen LogP contribution in [-0.4, -0.2) is 31.1 Å². The van der Waals surface area contributed by atoms with Crippen LogP contribution >= 0.6 is 0 Å². The van der Waals surface area contributed by atoms with Crippen molar-refractivity contribution in [3.63, 3.8) is 0 Å². The second kappa shape index (κ2) is 4.62. The third-order valence-electron chi connectivity index (χ3n) is 2.69. The fourth-order valence-electron chi connectivity index (χ4n) is 1.83. The molecule has 0 bridgehead atoms. The van der Waals surface area contributed by atoms with Crippen molar-refractivity contribution in [2.75, 3.05) is 11.5 Å². The lowest BCUT2D eigenvalue weighted by Crippen LogP contribution is -2.19. The van der Waals surface area contributed by atoms with Crippen LogP contribution in [0, 0.1) is 5.82 Å². The van der Waals surface area contributed by atoms with Crippen molar-refractivity contribution in [2.45, 2.75) is 19.1 Å². The molecule has 1 atom stereocenters. The zero-order valence-corrected chi connectivity index (χ0v) is 9.91. The van der Waals surface area contributed by atoms with Crippen molar-refractivity contribution in [3.8, 4) is 5.75 Å². The van der Waals surface area contributed by atoms with Gasteiger partial charge in [-0.2, -0.15) is 0 Å². The van der Waals surface area contributed by atoms with Crippen LogP contribution in [0.4, 0.5) is 4.39 Å². The second-order valence-corrected chi connectivity index (χ2v) is 6.26. The smallest absolute Gasteiger partial charge is 0.165 e. The molecule has 6 heteroatoms. The molecule has 1 aromatic rings. The van der Waals surface area contributed by atoms with E-state index in [1.54, 1.807) is 6.07 Å². The molecule has 94 valence electrons. The predicted molar refractivity (Wildman–Crippen MR) is 60.0 cm³/mol. The standard InChI is InChI=1S/C11H13FO4S/c12-10-3-1-2-8(6-13)11(10)16-9-4-5-17(14,15)7-9/h1-3,9,13H,4-7H2. The Kier molecular flexibility index (Phi) is 3.35. The number of hydrogen-bond acceptors (Lipinski definition) is 4. The third kappa shape index (κ3) is 2.76. The Hall–Kier alpha value is -1.14. The van der Waals surface area contributed by atoms with Crippen molar-refractivity contribution in [1.82, 2.24) is 0 Å². The van der Waals surface area contributed by atoms with E-state index in [9.17, 15) is 12.8 Å². The summed E-state index contributed by atoms with van der Waals surface area (Å²) in [6.45, 7) is -0.341. The highest BCUT2D eigenvalue weighted by molar-refractivity contribution is 7.91. The maximum Gasteiger partial charge on any atom is 0.165 e. The molecule has 1 saturated heterocycles. The predicted octanol–water partition coefficient (Wildman–Crippen LogP) is 0.884. The molecule has 1 N–H and O–H groups in total. The summed E-state index contributed by atoms with van der Waals surface area (Å²) in [5, 5.41) is 9.05. The summed E-state index contributed by atoms with van der Waals surface area (Å²) in [6.07, 6.45) is -0.163. The quantitative estimate of drug-likeness (QED) is 0.876. The van der Waals surface area contributed by atoms with E-state index in [1.165, 1.54) is 12.1 Å². The minimum absolute atomic E-state index is 0.0444. The molecule has 1 aliphatic rings. The zero-order chi connectivity index (χ0) is 12.5. The van der Waals surface area contributed by atoms with Crippen LogP contribution in [0.15, 0.2) is 18.2 Å². The molecule has 0 spiro atoms. The molecule has 1 fully saturated rings. The summed E-state index contributed by atoms with van der Waals surface area (Å²) < 4.78 is 41.3. The van der Waals surface area contributed by atoms with Gasteiger partial charge in [0.1, 0.15) is 6.10 Å². The molecule has 0 aliphatic carbocycles. The SMILES string of the molecule is O=S1(=O)CCC(Oc2c(F)cccc2CO)C1. The molecule has 4 nitrogen and oxygen atoms in total. The number of para-hydroxylation sites is 1. The minimum atomic E-state index is -3.06. The molecule has 0 saturated carbocycles. The number of aliphatic hydroxyl groups excluding tert-OH is 1. The molecule has 0 aromatic heterocycles. The highest BCUT2D eigenvalue weighted by atomic mass is 32.2. The number of sulfone groups is 1. The molecule has 0 amide bonds. The number of ether oxygens (including phenoxy) is 1. The highest BCUT2D eigenvalue weighted by Gasteiger charge is 2.30. The molecule has 2 rings (SSSR count). The average molecular weight is 260 g/mol. The molecule has 1 unspecified atom stereocenters. The van der Waals surface area contributed by atoms with Gasteiger partial charge in [-0.1, -0.05) is 12.1 Å². The first-order valence-corrected chi connectivity index (χ1v) is 7.09. The molecule has 17 heavy (non-hydrogen) atoms. The Balaban J connectivity index is 2.19. The van der Waals surface area contributed by atoms with Crippen molar-refractivity contribution < 1.29 is 22.7 Å². The van der Waals surface area contributed by atoms with E-state index in [2.05, 4.69) is 0 Å². The Morgan fingerprint density at radius 2 is 2.24 bits per heavy atom. The number of benzene rings is 1. The van der Waals surface area contributed by atoms with Gasteiger partial charge in [0, 0.05) is 5.56 Å². The van der Waals surface area contributed by atoms with Crippen LogP contribution in [0.2, 0.25) is 0 Å². The molecular formula is C11H13FO4S. The lowest BCUT2D eigenvalue weighted by atomic mass is 10.2. The Bertz CT molecular complexity index is 512. The molecule has 1 aliphatic heterocycles. The van der Waals surface area contributed by atoms with E-state index in [0.717, 1.165) is 0 Å². The fourth-order valence-corrected chi connectivity index (χ4v) is 3.42. The van der Waals surface area contributed by atoms with Gasteiger partial charge in [0.05, 0.1) is 18.1 Å². The van der Waals surface area contributed by atoms with Gasteiger partial charge in [-0.25, -0.2) is 12.8 Å². The maximum atomic E-state index is 13.5. The van der Waals surface area contributed by atoms with Gasteiger partial charge in [-0.15, -0.1) is 0 Å². The number of halogens is 1. The topological polar surface area (TPSA) is 63.6 Å². The number of hydrogen-bond donors (Lipinski definition) is 1. The van der Waals surface area contributed by atoms with Crippen molar-refractivity contribution in [3.05, 3.63) is 29.6 Å². The van der Waals surface area contributed by atoms with E-state index in [4.69, 9.17) is 9.84 Å². The normalized spacial score (nSPS) is 22.6. The molecule has 0 radical (unpaired) electrons. The highest BCUT2D eigenvalue weighted by Crippen LogP contribution is 2.26. The minimum Gasteiger partial charge on any atom is -0.486 e.